The minimum absolute atomic E-state index is 0.238. The molecule has 1 aliphatic heterocycles. The maximum Gasteiger partial charge on any atom is 0.335 e. The summed E-state index contributed by atoms with van der Waals surface area (Å²) in [6, 6.07) is 3.57. The Kier molecular flexibility index (Phi) is 3.16. The molecule has 2 aromatic heterocycles. The molecule has 0 radical (unpaired) electrons. The van der Waals surface area contributed by atoms with Gasteiger partial charge in [-0.25, -0.2) is 4.79 Å². The van der Waals surface area contributed by atoms with Gasteiger partial charge in [-0.05, 0) is 31.5 Å². The van der Waals surface area contributed by atoms with Crippen molar-refractivity contribution in [1.29, 1.82) is 0 Å². The van der Waals surface area contributed by atoms with Gasteiger partial charge < -0.3 is 10.4 Å². The molecule has 3 rings (SSSR count). The third-order valence-corrected chi connectivity index (χ3v) is 3.57. The van der Waals surface area contributed by atoms with Gasteiger partial charge in [0.1, 0.15) is 5.82 Å². The molecule has 0 amide bonds. The standard InChI is InChI=1S/C13H16N4O2/c18-13(19)9-4-6-17-11(7-9)15-16-12(17)8-10-3-1-2-5-14-10/h4,6-7,10,14H,1-3,5,8H2,(H,18,19). The number of carbonyl (C=O) groups is 1. The molecule has 1 atom stereocenters. The van der Waals surface area contributed by atoms with Crippen LogP contribution in [0.25, 0.3) is 5.65 Å². The summed E-state index contributed by atoms with van der Waals surface area (Å²) in [5.74, 6) is -0.0627. The van der Waals surface area contributed by atoms with E-state index in [0.29, 0.717) is 11.7 Å². The van der Waals surface area contributed by atoms with Crippen molar-refractivity contribution in [3.8, 4) is 0 Å². The molecule has 3 heterocycles. The molecular formula is C13H16N4O2. The summed E-state index contributed by atoms with van der Waals surface area (Å²) in [7, 11) is 0. The highest BCUT2D eigenvalue weighted by molar-refractivity contribution is 5.88. The average molecular weight is 260 g/mol. The van der Waals surface area contributed by atoms with Crippen LogP contribution in [0, 0.1) is 0 Å². The number of aromatic carboxylic acids is 1. The van der Waals surface area contributed by atoms with Crippen molar-refractivity contribution < 1.29 is 9.90 Å². The maximum atomic E-state index is 10.9. The zero-order valence-electron chi connectivity index (χ0n) is 10.5. The van der Waals surface area contributed by atoms with Crippen molar-refractivity contribution in [2.75, 3.05) is 6.54 Å². The normalized spacial score (nSPS) is 19.7. The lowest BCUT2D eigenvalue weighted by Crippen LogP contribution is -2.36. The van der Waals surface area contributed by atoms with Crippen LogP contribution in [0.4, 0.5) is 0 Å². The van der Waals surface area contributed by atoms with Crippen molar-refractivity contribution in [1.82, 2.24) is 19.9 Å². The molecule has 1 aliphatic rings. The molecule has 1 unspecified atom stereocenters. The Hall–Kier alpha value is -1.95. The number of pyridine rings is 1. The highest BCUT2D eigenvalue weighted by Crippen LogP contribution is 2.13. The van der Waals surface area contributed by atoms with Crippen LogP contribution >= 0.6 is 0 Å². The summed E-state index contributed by atoms with van der Waals surface area (Å²) in [4.78, 5) is 10.9. The third-order valence-electron chi connectivity index (χ3n) is 3.57. The van der Waals surface area contributed by atoms with Crippen LogP contribution in [-0.4, -0.2) is 38.3 Å². The molecule has 0 bridgehead atoms. The maximum absolute atomic E-state index is 10.9. The first-order valence-corrected chi connectivity index (χ1v) is 6.54. The molecule has 19 heavy (non-hydrogen) atoms. The Balaban J connectivity index is 1.86. The molecule has 1 saturated heterocycles. The number of fused-ring (bicyclic) bond motifs is 1. The fourth-order valence-corrected chi connectivity index (χ4v) is 2.53. The SMILES string of the molecule is O=C(O)c1ccn2c(CC3CCCCN3)nnc2c1. The summed E-state index contributed by atoms with van der Waals surface area (Å²) in [6.45, 7) is 1.06. The van der Waals surface area contributed by atoms with Gasteiger partial charge in [0.15, 0.2) is 5.65 Å². The van der Waals surface area contributed by atoms with Gasteiger partial charge in [0.05, 0.1) is 5.56 Å². The van der Waals surface area contributed by atoms with Gasteiger partial charge in [0, 0.05) is 18.7 Å². The van der Waals surface area contributed by atoms with E-state index in [2.05, 4.69) is 15.5 Å². The number of hydrogen-bond donors (Lipinski definition) is 2. The lowest BCUT2D eigenvalue weighted by atomic mass is 10.0. The smallest absolute Gasteiger partial charge is 0.335 e. The van der Waals surface area contributed by atoms with E-state index >= 15 is 0 Å². The monoisotopic (exact) mass is 260 g/mol. The van der Waals surface area contributed by atoms with Crippen LogP contribution in [0.2, 0.25) is 0 Å². The topological polar surface area (TPSA) is 79.5 Å². The average Bonchev–Trinajstić information content (AvgIpc) is 2.82. The van der Waals surface area contributed by atoms with Gasteiger partial charge >= 0.3 is 5.97 Å². The Morgan fingerprint density at radius 3 is 3.11 bits per heavy atom. The Labute approximate surface area is 110 Å². The first kappa shape index (κ1) is 12.1. The predicted molar refractivity (Wildman–Crippen MR) is 69.3 cm³/mol. The van der Waals surface area contributed by atoms with Crippen LogP contribution < -0.4 is 5.32 Å². The van der Waals surface area contributed by atoms with Crippen molar-refractivity contribution in [3.63, 3.8) is 0 Å². The zero-order chi connectivity index (χ0) is 13.2. The lowest BCUT2D eigenvalue weighted by molar-refractivity contribution is 0.0697. The third kappa shape index (κ3) is 2.44. The number of nitrogens with zero attached hydrogens (tertiary/aromatic N) is 3. The van der Waals surface area contributed by atoms with E-state index in [1.165, 1.54) is 12.8 Å². The molecular weight excluding hydrogens is 244 g/mol. The van der Waals surface area contributed by atoms with Gasteiger partial charge in [-0.2, -0.15) is 0 Å². The van der Waals surface area contributed by atoms with Crippen LogP contribution in [-0.2, 0) is 6.42 Å². The van der Waals surface area contributed by atoms with E-state index in [-0.39, 0.29) is 5.56 Å². The van der Waals surface area contributed by atoms with E-state index in [4.69, 9.17) is 5.11 Å². The highest BCUT2D eigenvalue weighted by atomic mass is 16.4. The summed E-state index contributed by atoms with van der Waals surface area (Å²) in [5, 5.41) is 20.6. The second kappa shape index (κ2) is 4.97. The van der Waals surface area contributed by atoms with Crippen molar-refractivity contribution in [3.05, 3.63) is 29.7 Å². The van der Waals surface area contributed by atoms with Gasteiger partial charge in [-0.3, -0.25) is 4.40 Å². The number of aromatic nitrogens is 3. The Bertz CT molecular complexity index is 602. The second-order valence-electron chi connectivity index (χ2n) is 4.92. The molecule has 2 N–H and O–H groups in total. The van der Waals surface area contributed by atoms with Crippen LogP contribution in [0.5, 0.6) is 0 Å². The number of carboxylic acid groups (broad SMARTS) is 1. The molecule has 6 nitrogen and oxygen atoms in total. The van der Waals surface area contributed by atoms with Crippen LogP contribution in [0.15, 0.2) is 18.3 Å². The van der Waals surface area contributed by atoms with E-state index < -0.39 is 5.97 Å². The quantitative estimate of drug-likeness (QED) is 0.864. The van der Waals surface area contributed by atoms with Crippen LogP contribution in [0.1, 0.15) is 35.4 Å². The van der Waals surface area contributed by atoms with Crippen LogP contribution in [0.3, 0.4) is 0 Å². The molecule has 0 spiro atoms. The minimum Gasteiger partial charge on any atom is -0.478 e. The molecule has 1 fully saturated rings. The van der Waals surface area contributed by atoms with Gasteiger partial charge in [0.2, 0.25) is 0 Å². The van der Waals surface area contributed by atoms with Crippen molar-refractivity contribution >= 4 is 11.6 Å². The lowest BCUT2D eigenvalue weighted by Gasteiger charge is -2.22. The fourth-order valence-electron chi connectivity index (χ4n) is 2.53. The Morgan fingerprint density at radius 2 is 2.37 bits per heavy atom. The van der Waals surface area contributed by atoms with Gasteiger partial charge in [0.25, 0.3) is 0 Å². The summed E-state index contributed by atoms with van der Waals surface area (Å²) >= 11 is 0. The van der Waals surface area contributed by atoms with E-state index in [9.17, 15) is 4.79 Å². The minimum atomic E-state index is -0.944. The predicted octanol–water partition coefficient (Wildman–Crippen LogP) is 1.11. The van der Waals surface area contributed by atoms with E-state index in [1.54, 1.807) is 18.3 Å². The van der Waals surface area contributed by atoms with E-state index in [1.807, 2.05) is 4.40 Å². The Morgan fingerprint density at radius 1 is 1.47 bits per heavy atom. The number of nitrogens with one attached hydrogen (secondary N) is 1. The number of carboxylic acids is 1. The summed E-state index contributed by atoms with van der Waals surface area (Å²) in [5.41, 5.74) is 0.827. The van der Waals surface area contributed by atoms with E-state index in [0.717, 1.165) is 25.2 Å². The molecule has 2 aromatic rings. The first-order valence-electron chi connectivity index (χ1n) is 6.54. The zero-order valence-corrected chi connectivity index (χ0v) is 10.5. The summed E-state index contributed by atoms with van der Waals surface area (Å²) in [6.07, 6.45) is 6.20. The molecule has 100 valence electrons. The molecule has 0 aromatic carbocycles. The second-order valence-corrected chi connectivity index (χ2v) is 4.92. The highest BCUT2D eigenvalue weighted by Gasteiger charge is 2.16. The van der Waals surface area contributed by atoms with Crippen molar-refractivity contribution in [2.45, 2.75) is 31.7 Å². The number of piperidine rings is 1. The molecule has 6 heteroatoms. The molecule has 0 saturated carbocycles. The largest absolute Gasteiger partial charge is 0.478 e. The fraction of sp³-hybridized carbons (Fsp3) is 0.462. The number of rotatable bonds is 3. The first-order chi connectivity index (χ1) is 9.24. The summed E-state index contributed by atoms with van der Waals surface area (Å²) < 4.78 is 1.86. The number of hydrogen-bond acceptors (Lipinski definition) is 4. The van der Waals surface area contributed by atoms with Gasteiger partial charge in [-0.15, -0.1) is 10.2 Å². The van der Waals surface area contributed by atoms with Crippen molar-refractivity contribution in [2.24, 2.45) is 0 Å². The molecule has 0 aliphatic carbocycles. The van der Waals surface area contributed by atoms with Gasteiger partial charge in [-0.1, -0.05) is 6.42 Å².